The van der Waals surface area contributed by atoms with E-state index in [0.717, 1.165) is 44.6 Å². The van der Waals surface area contributed by atoms with Gasteiger partial charge in [-0.15, -0.1) is 0 Å². The summed E-state index contributed by atoms with van der Waals surface area (Å²) in [7, 11) is 0. The lowest BCUT2D eigenvalue weighted by molar-refractivity contribution is -0.193. The molecule has 44 heavy (non-hydrogen) atoms. The molecule has 242 valence electrons. The normalized spacial score (nSPS) is 19.9. The molecule has 1 saturated heterocycles. The first-order valence-electron chi connectivity index (χ1n) is 13.0. The highest BCUT2D eigenvalue weighted by molar-refractivity contribution is 6.41. The summed E-state index contributed by atoms with van der Waals surface area (Å²) in [6.45, 7) is 3.46. The Hall–Kier alpha value is -3.50. The molecule has 0 radical (unpaired) electrons. The summed E-state index contributed by atoms with van der Waals surface area (Å²) in [5.74, 6) is -5.98. The standard InChI is InChI=1S/C23H23F6N3.C4F6O2/c24-22(25,26)16-3-4-20(23(27,28)29)14(6-16)10-31-17-7-13-2-1-5-32-12-15-9-30-11-19(15)18(8-17)21(13)32;5-3(6,7)1(11)2(12)4(8,9)10/h3-4,6-8,15,19,30-31H,1-2,5,9-12H2;/t15-,19-;/m1./s1. The smallest absolute Gasteiger partial charge is 0.381 e. The lowest BCUT2D eigenvalue weighted by Gasteiger charge is -2.42. The van der Waals surface area contributed by atoms with Crippen molar-refractivity contribution in [1.29, 1.82) is 0 Å². The van der Waals surface area contributed by atoms with E-state index in [1.807, 2.05) is 12.1 Å². The summed E-state index contributed by atoms with van der Waals surface area (Å²) in [5.41, 5.74) is 1.68. The minimum Gasteiger partial charge on any atom is -0.381 e. The zero-order valence-electron chi connectivity index (χ0n) is 22.3. The zero-order valence-corrected chi connectivity index (χ0v) is 22.3. The van der Waals surface area contributed by atoms with Crippen molar-refractivity contribution in [2.75, 3.05) is 36.4 Å². The second-order valence-electron chi connectivity index (χ2n) is 10.5. The molecular weight excluding hydrogens is 626 g/mol. The predicted octanol–water partition coefficient (Wildman–Crippen LogP) is 6.65. The fourth-order valence-electron chi connectivity index (χ4n) is 5.65. The van der Waals surface area contributed by atoms with Gasteiger partial charge in [-0.25, -0.2) is 0 Å². The van der Waals surface area contributed by atoms with Crippen LogP contribution in [0.5, 0.6) is 0 Å². The highest BCUT2D eigenvalue weighted by Gasteiger charge is 2.54. The molecule has 3 aliphatic heterocycles. The summed E-state index contributed by atoms with van der Waals surface area (Å²) < 4.78 is 147. The van der Waals surface area contributed by atoms with E-state index in [4.69, 9.17) is 0 Å². The minimum atomic E-state index is -5.77. The van der Waals surface area contributed by atoms with Crippen molar-refractivity contribution >= 4 is 22.9 Å². The molecule has 2 N–H and O–H groups in total. The van der Waals surface area contributed by atoms with Gasteiger partial charge in [0.2, 0.25) is 0 Å². The van der Waals surface area contributed by atoms with E-state index < -0.39 is 53.0 Å². The third-order valence-electron chi connectivity index (χ3n) is 7.54. The fraction of sp³-hybridized carbons (Fsp3) is 0.481. The van der Waals surface area contributed by atoms with E-state index in [9.17, 15) is 62.3 Å². The Morgan fingerprint density at radius 1 is 0.841 bits per heavy atom. The highest BCUT2D eigenvalue weighted by Crippen LogP contribution is 2.46. The van der Waals surface area contributed by atoms with Crippen LogP contribution in [0.1, 0.15) is 40.2 Å². The maximum atomic E-state index is 13.4. The van der Waals surface area contributed by atoms with Crippen LogP contribution in [-0.4, -0.2) is 50.1 Å². The first kappa shape index (κ1) is 33.4. The molecule has 5 rings (SSSR count). The van der Waals surface area contributed by atoms with Crippen LogP contribution in [0.3, 0.4) is 0 Å². The number of alkyl halides is 12. The first-order chi connectivity index (χ1) is 20.2. The van der Waals surface area contributed by atoms with E-state index in [1.54, 1.807) is 0 Å². The van der Waals surface area contributed by atoms with Crippen molar-refractivity contribution in [3.8, 4) is 0 Å². The largest absolute Gasteiger partial charge is 0.458 e. The molecule has 2 aromatic rings. The van der Waals surface area contributed by atoms with Crippen molar-refractivity contribution in [3.05, 3.63) is 58.1 Å². The third-order valence-corrected chi connectivity index (χ3v) is 7.54. The minimum absolute atomic E-state index is 0.340. The van der Waals surface area contributed by atoms with Crippen molar-refractivity contribution < 1.29 is 62.3 Å². The van der Waals surface area contributed by atoms with Gasteiger partial charge in [-0.1, -0.05) is 0 Å². The Balaban J connectivity index is 0.000000314. The van der Waals surface area contributed by atoms with E-state index in [1.165, 1.54) is 11.3 Å². The number of hydrogen-bond donors (Lipinski definition) is 2. The quantitative estimate of drug-likeness (QED) is 0.287. The zero-order chi connectivity index (χ0) is 32.8. The number of Topliss-reactive ketones (excluding diaryl/α,β-unsaturated/α-hetero) is 2. The number of carbonyl (C=O) groups is 2. The summed E-state index contributed by atoms with van der Waals surface area (Å²) in [5, 5.41) is 6.42. The number of hydrogen-bond acceptors (Lipinski definition) is 5. The third kappa shape index (κ3) is 7.24. The number of ketones is 2. The molecule has 17 heteroatoms. The molecule has 2 aromatic carbocycles. The van der Waals surface area contributed by atoms with Crippen molar-refractivity contribution in [3.63, 3.8) is 0 Å². The first-order valence-corrected chi connectivity index (χ1v) is 13.0. The number of carbonyl (C=O) groups excluding carboxylic acids is 2. The average molecular weight is 649 g/mol. The molecule has 0 bridgehead atoms. The van der Waals surface area contributed by atoms with Gasteiger partial charge in [0.25, 0.3) is 0 Å². The van der Waals surface area contributed by atoms with Gasteiger partial charge in [0.15, 0.2) is 0 Å². The molecule has 3 aliphatic rings. The lowest BCUT2D eigenvalue weighted by atomic mass is 9.80. The second-order valence-corrected chi connectivity index (χ2v) is 10.5. The van der Waals surface area contributed by atoms with Crippen molar-refractivity contribution in [1.82, 2.24) is 5.32 Å². The number of aryl methyl sites for hydroxylation is 1. The van der Waals surface area contributed by atoms with Crippen LogP contribution in [-0.2, 0) is 34.9 Å². The maximum absolute atomic E-state index is 13.4. The summed E-state index contributed by atoms with van der Waals surface area (Å²) in [4.78, 5) is 21.6. The Kier molecular flexibility index (Phi) is 8.94. The van der Waals surface area contributed by atoms with E-state index >= 15 is 0 Å². The molecule has 0 unspecified atom stereocenters. The SMILES string of the molecule is FC(F)(F)c1ccc(C(F)(F)F)c(CNc2cc3c4c(c2)[C@@H]2CNC[C@@H]2CN4CCC3)c1.O=C(C(=O)C(F)(F)F)C(F)(F)F. The summed E-state index contributed by atoms with van der Waals surface area (Å²) in [6.07, 6.45) is -19.1. The number of nitrogens with one attached hydrogen (secondary N) is 2. The van der Waals surface area contributed by atoms with Gasteiger partial charge in [0.05, 0.1) is 11.1 Å². The van der Waals surface area contributed by atoms with Crippen LogP contribution >= 0.6 is 0 Å². The number of fused-ring (bicyclic) bond motifs is 2. The Bertz CT molecular complexity index is 1390. The monoisotopic (exact) mass is 649 g/mol. The molecule has 3 heterocycles. The van der Waals surface area contributed by atoms with Crippen molar-refractivity contribution in [2.24, 2.45) is 5.92 Å². The molecule has 5 nitrogen and oxygen atoms in total. The highest BCUT2D eigenvalue weighted by atomic mass is 19.4. The number of nitrogens with zero attached hydrogens (tertiary/aromatic N) is 1. The van der Waals surface area contributed by atoms with E-state index in [-0.39, 0.29) is 6.54 Å². The lowest BCUT2D eigenvalue weighted by Crippen LogP contribution is -2.41. The van der Waals surface area contributed by atoms with Gasteiger partial charge in [-0.2, -0.15) is 52.7 Å². The fourth-order valence-corrected chi connectivity index (χ4v) is 5.65. The maximum Gasteiger partial charge on any atom is 0.458 e. The number of rotatable bonds is 4. The van der Waals surface area contributed by atoms with E-state index in [0.29, 0.717) is 35.7 Å². The second kappa shape index (κ2) is 11.8. The van der Waals surface area contributed by atoms with Gasteiger partial charge in [0.1, 0.15) is 0 Å². The Morgan fingerprint density at radius 3 is 2.05 bits per heavy atom. The van der Waals surface area contributed by atoms with Crippen LogP contribution in [0, 0.1) is 5.92 Å². The topological polar surface area (TPSA) is 61.4 Å². The number of benzene rings is 2. The molecular formula is C27H23F12N3O2. The van der Waals surface area contributed by atoms with Gasteiger partial charge < -0.3 is 15.5 Å². The van der Waals surface area contributed by atoms with Gasteiger partial charge in [0, 0.05) is 50.0 Å². The number of halogens is 12. The van der Waals surface area contributed by atoms with Gasteiger partial charge in [-0.3, -0.25) is 9.59 Å². The Labute approximate surface area is 241 Å². The molecule has 0 aromatic heterocycles. The summed E-state index contributed by atoms with van der Waals surface area (Å²) >= 11 is 0. The van der Waals surface area contributed by atoms with Crippen LogP contribution in [0.4, 0.5) is 64.1 Å². The van der Waals surface area contributed by atoms with Crippen LogP contribution in [0.2, 0.25) is 0 Å². The molecule has 0 aliphatic carbocycles. The molecule has 0 amide bonds. The van der Waals surface area contributed by atoms with Crippen LogP contribution in [0.15, 0.2) is 30.3 Å². The van der Waals surface area contributed by atoms with Crippen molar-refractivity contribution in [2.45, 2.75) is 50.0 Å². The predicted molar refractivity (Wildman–Crippen MR) is 132 cm³/mol. The van der Waals surface area contributed by atoms with Crippen LogP contribution in [0.25, 0.3) is 0 Å². The molecule has 0 saturated carbocycles. The molecule has 2 atom stereocenters. The van der Waals surface area contributed by atoms with Gasteiger partial charge in [-0.05, 0) is 65.8 Å². The summed E-state index contributed by atoms with van der Waals surface area (Å²) in [6, 6.07) is 5.51. The number of anilines is 2. The van der Waals surface area contributed by atoms with Crippen LogP contribution < -0.4 is 15.5 Å². The molecule has 1 fully saturated rings. The van der Waals surface area contributed by atoms with E-state index in [2.05, 4.69) is 15.5 Å². The molecule has 0 spiro atoms. The average Bonchev–Trinajstić information content (AvgIpc) is 3.38. The Morgan fingerprint density at radius 2 is 1.48 bits per heavy atom. The van der Waals surface area contributed by atoms with Gasteiger partial charge >= 0.3 is 36.3 Å².